The SMILES string of the molecule is CCCC=CC1CCC(C2CCC(c3ccc(OC)c(F)c3F)CC2)OC1. The van der Waals surface area contributed by atoms with E-state index in [-0.39, 0.29) is 11.7 Å². The zero-order valence-corrected chi connectivity index (χ0v) is 16.6. The van der Waals surface area contributed by atoms with E-state index in [2.05, 4.69) is 19.1 Å². The largest absolute Gasteiger partial charge is 0.494 e. The van der Waals surface area contributed by atoms with Crippen molar-refractivity contribution in [3.8, 4) is 5.75 Å². The summed E-state index contributed by atoms with van der Waals surface area (Å²) in [5, 5.41) is 0. The molecule has 1 saturated heterocycles. The van der Waals surface area contributed by atoms with E-state index in [0.717, 1.165) is 45.1 Å². The summed E-state index contributed by atoms with van der Waals surface area (Å²) in [6.45, 7) is 3.02. The molecule has 2 fully saturated rings. The van der Waals surface area contributed by atoms with E-state index in [0.29, 0.717) is 23.5 Å². The van der Waals surface area contributed by atoms with Crippen molar-refractivity contribution in [2.45, 2.75) is 70.3 Å². The van der Waals surface area contributed by atoms with Crippen LogP contribution >= 0.6 is 0 Å². The van der Waals surface area contributed by atoms with E-state index in [9.17, 15) is 8.78 Å². The first kappa shape index (κ1) is 20.3. The topological polar surface area (TPSA) is 18.5 Å². The van der Waals surface area contributed by atoms with Gasteiger partial charge in [-0.15, -0.1) is 0 Å². The lowest BCUT2D eigenvalue weighted by atomic mass is 9.75. The van der Waals surface area contributed by atoms with Crippen molar-refractivity contribution >= 4 is 0 Å². The molecule has 2 unspecified atom stereocenters. The summed E-state index contributed by atoms with van der Waals surface area (Å²) < 4.78 is 39.4. The molecule has 0 bridgehead atoms. The van der Waals surface area contributed by atoms with Crippen LogP contribution in [0.1, 0.15) is 69.8 Å². The molecule has 1 heterocycles. The molecule has 2 aliphatic rings. The number of unbranched alkanes of at least 4 members (excludes halogenated alkanes) is 1. The van der Waals surface area contributed by atoms with Crippen LogP contribution in [0.3, 0.4) is 0 Å². The number of hydrogen-bond donors (Lipinski definition) is 0. The van der Waals surface area contributed by atoms with Crippen LogP contribution in [-0.4, -0.2) is 19.8 Å². The van der Waals surface area contributed by atoms with Crippen LogP contribution in [0.5, 0.6) is 5.75 Å². The van der Waals surface area contributed by atoms with Gasteiger partial charge in [-0.3, -0.25) is 0 Å². The van der Waals surface area contributed by atoms with E-state index in [1.807, 2.05) is 0 Å². The van der Waals surface area contributed by atoms with Crippen molar-refractivity contribution in [1.82, 2.24) is 0 Å². The Labute approximate surface area is 161 Å². The Morgan fingerprint density at radius 1 is 1.07 bits per heavy atom. The zero-order chi connectivity index (χ0) is 19.2. The van der Waals surface area contributed by atoms with E-state index < -0.39 is 11.6 Å². The fourth-order valence-corrected chi connectivity index (χ4v) is 4.59. The molecular weight excluding hydrogens is 346 g/mol. The molecular formula is C23H32F2O2. The van der Waals surface area contributed by atoms with Crippen molar-refractivity contribution < 1.29 is 18.3 Å². The van der Waals surface area contributed by atoms with Crippen LogP contribution < -0.4 is 4.74 Å². The maximum atomic E-state index is 14.4. The standard InChI is InChI=1S/C23H32F2O2/c1-3-4-5-6-16-7-13-20(27-15-16)18-10-8-17(9-11-18)19-12-14-21(26-2)23(25)22(19)24/h5-6,12,14,16-18,20H,3-4,7-11,13,15H2,1-2H3. The molecule has 150 valence electrons. The number of halogens is 2. The van der Waals surface area contributed by atoms with Crippen LogP contribution in [0.25, 0.3) is 0 Å². The third kappa shape index (κ3) is 4.90. The van der Waals surface area contributed by atoms with E-state index in [1.54, 1.807) is 6.07 Å². The first-order chi connectivity index (χ1) is 13.1. The average molecular weight is 379 g/mol. The third-order valence-corrected chi connectivity index (χ3v) is 6.24. The first-order valence-electron chi connectivity index (χ1n) is 10.4. The fraction of sp³-hybridized carbons (Fsp3) is 0.652. The Balaban J connectivity index is 1.51. The monoisotopic (exact) mass is 378 g/mol. The van der Waals surface area contributed by atoms with Crippen molar-refractivity contribution in [2.24, 2.45) is 11.8 Å². The van der Waals surface area contributed by atoms with Gasteiger partial charge in [-0.25, -0.2) is 4.39 Å². The van der Waals surface area contributed by atoms with Crippen molar-refractivity contribution in [3.05, 3.63) is 41.5 Å². The van der Waals surface area contributed by atoms with Gasteiger partial charge in [-0.05, 0) is 68.4 Å². The minimum atomic E-state index is -0.866. The molecule has 27 heavy (non-hydrogen) atoms. The second-order valence-corrected chi connectivity index (χ2v) is 8.02. The summed E-state index contributed by atoms with van der Waals surface area (Å²) in [7, 11) is 1.36. The maximum absolute atomic E-state index is 14.4. The minimum absolute atomic E-state index is 0.0249. The van der Waals surface area contributed by atoms with Gasteiger partial charge >= 0.3 is 0 Å². The lowest BCUT2D eigenvalue weighted by Gasteiger charge is -2.37. The van der Waals surface area contributed by atoms with Crippen LogP contribution in [0.4, 0.5) is 8.78 Å². The lowest BCUT2D eigenvalue weighted by molar-refractivity contribution is -0.0471. The molecule has 4 heteroatoms. The quantitative estimate of drug-likeness (QED) is 0.533. The van der Waals surface area contributed by atoms with E-state index in [4.69, 9.17) is 9.47 Å². The summed E-state index contributed by atoms with van der Waals surface area (Å²) in [5.41, 5.74) is 0.498. The first-order valence-corrected chi connectivity index (χ1v) is 10.4. The highest BCUT2D eigenvalue weighted by Gasteiger charge is 2.33. The summed E-state index contributed by atoms with van der Waals surface area (Å²) in [6, 6.07) is 3.23. The highest BCUT2D eigenvalue weighted by Crippen LogP contribution is 2.41. The molecule has 1 aliphatic heterocycles. The van der Waals surface area contributed by atoms with Crippen LogP contribution in [0, 0.1) is 23.5 Å². The Hall–Kier alpha value is -1.42. The Morgan fingerprint density at radius 2 is 1.85 bits per heavy atom. The molecule has 3 rings (SSSR count). The third-order valence-electron chi connectivity index (χ3n) is 6.24. The highest BCUT2D eigenvalue weighted by molar-refractivity contribution is 5.33. The van der Waals surface area contributed by atoms with Gasteiger partial charge < -0.3 is 9.47 Å². The van der Waals surface area contributed by atoms with Gasteiger partial charge in [-0.1, -0.05) is 31.6 Å². The normalized spacial score (nSPS) is 29.2. The number of ether oxygens (including phenoxy) is 2. The summed E-state index contributed by atoms with van der Waals surface area (Å²) in [6.07, 6.45) is 13.4. The molecule has 2 atom stereocenters. The Kier molecular flexibility index (Phi) is 7.28. The van der Waals surface area contributed by atoms with Crippen molar-refractivity contribution in [2.75, 3.05) is 13.7 Å². The molecule has 0 radical (unpaired) electrons. The molecule has 1 aromatic rings. The van der Waals surface area contributed by atoms with Crippen LogP contribution in [0.15, 0.2) is 24.3 Å². The number of benzene rings is 1. The minimum Gasteiger partial charge on any atom is -0.494 e. The number of allylic oxidation sites excluding steroid dienone is 1. The summed E-state index contributed by atoms with van der Waals surface area (Å²) in [5.74, 6) is -0.435. The molecule has 0 aromatic heterocycles. The van der Waals surface area contributed by atoms with Crippen LogP contribution in [0.2, 0.25) is 0 Å². The second-order valence-electron chi connectivity index (χ2n) is 8.02. The molecule has 2 nitrogen and oxygen atoms in total. The fourth-order valence-electron chi connectivity index (χ4n) is 4.59. The predicted molar refractivity (Wildman–Crippen MR) is 104 cm³/mol. The zero-order valence-electron chi connectivity index (χ0n) is 16.6. The summed E-state index contributed by atoms with van der Waals surface area (Å²) in [4.78, 5) is 0. The van der Waals surface area contributed by atoms with Gasteiger partial charge in [0.2, 0.25) is 5.82 Å². The lowest BCUT2D eigenvalue weighted by Crippen LogP contribution is -2.33. The highest BCUT2D eigenvalue weighted by atomic mass is 19.2. The van der Waals surface area contributed by atoms with E-state index in [1.165, 1.54) is 26.0 Å². The molecule has 1 saturated carbocycles. The molecule has 0 amide bonds. The van der Waals surface area contributed by atoms with Gasteiger partial charge in [-0.2, -0.15) is 4.39 Å². The predicted octanol–water partition coefficient (Wildman–Crippen LogP) is 6.40. The number of rotatable bonds is 6. The second kappa shape index (κ2) is 9.68. The molecule has 0 N–H and O–H groups in total. The van der Waals surface area contributed by atoms with Gasteiger partial charge in [0.25, 0.3) is 0 Å². The van der Waals surface area contributed by atoms with E-state index >= 15 is 0 Å². The number of methoxy groups -OCH3 is 1. The van der Waals surface area contributed by atoms with Gasteiger partial charge in [0, 0.05) is 5.92 Å². The van der Waals surface area contributed by atoms with Gasteiger partial charge in [0.15, 0.2) is 11.6 Å². The molecule has 1 aromatic carbocycles. The Morgan fingerprint density at radius 3 is 2.48 bits per heavy atom. The smallest absolute Gasteiger partial charge is 0.200 e. The molecule has 0 spiro atoms. The average Bonchev–Trinajstić information content (AvgIpc) is 2.71. The number of hydrogen-bond acceptors (Lipinski definition) is 2. The summed E-state index contributed by atoms with van der Waals surface area (Å²) >= 11 is 0. The molecule has 1 aliphatic carbocycles. The Bertz CT molecular complexity index is 628. The van der Waals surface area contributed by atoms with Crippen molar-refractivity contribution in [1.29, 1.82) is 0 Å². The van der Waals surface area contributed by atoms with Gasteiger partial charge in [0.1, 0.15) is 0 Å². The maximum Gasteiger partial charge on any atom is 0.200 e. The van der Waals surface area contributed by atoms with Crippen LogP contribution in [-0.2, 0) is 4.74 Å². The van der Waals surface area contributed by atoms with Crippen molar-refractivity contribution in [3.63, 3.8) is 0 Å². The van der Waals surface area contributed by atoms with Gasteiger partial charge in [0.05, 0.1) is 19.8 Å².